The summed E-state index contributed by atoms with van der Waals surface area (Å²) in [6, 6.07) is 10.5. The standard InChI is InChI=1S/C17H14BrFN2O2/c1-10-2-7-15(13(18)8-10)21-16(22)9-14(17(21)23)20-12-5-3-11(19)4-6-12/h2-8,14,20H,9H2,1H3. The van der Waals surface area contributed by atoms with Crippen molar-refractivity contribution in [2.24, 2.45) is 0 Å². The summed E-state index contributed by atoms with van der Waals surface area (Å²) in [6.07, 6.45) is 0.0660. The summed E-state index contributed by atoms with van der Waals surface area (Å²) in [5, 5.41) is 2.98. The van der Waals surface area contributed by atoms with Gasteiger partial charge in [0.25, 0.3) is 5.91 Å². The number of hydrogen-bond donors (Lipinski definition) is 1. The van der Waals surface area contributed by atoms with Gasteiger partial charge in [-0.2, -0.15) is 0 Å². The van der Waals surface area contributed by atoms with Crippen LogP contribution in [0.1, 0.15) is 12.0 Å². The summed E-state index contributed by atoms with van der Waals surface area (Å²) in [5.41, 5.74) is 2.16. The van der Waals surface area contributed by atoms with Gasteiger partial charge in [-0.1, -0.05) is 6.07 Å². The number of rotatable bonds is 3. The van der Waals surface area contributed by atoms with Crippen LogP contribution in [0.25, 0.3) is 0 Å². The molecule has 1 aliphatic heterocycles. The first-order chi connectivity index (χ1) is 11.0. The second-order valence-electron chi connectivity index (χ2n) is 5.43. The van der Waals surface area contributed by atoms with Gasteiger partial charge in [0.05, 0.1) is 12.1 Å². The zero-order chi connectivity index (χ0) is 16.6. The topological polar surface area (TPSA) is 49.4 Å². The Morgan fingerprint density at radius 2 is 1.87 bits per heavy atom. The average molecular weight is 377 g/mol. The Morgan fingerprint density at radius 1 is 1.17 bits per heavy atom. The smallest absolute Gasteiger partial charge is 0.256 e. The first-order valence-corrected chi connectivity index (χ1v) is 7.90. The lowest BCUT2D eigenvalue weighted by atomic mass is 10.2. The molecule has 0 aromatic heterocycles. The molecule has 2 aromatic rings. The SMILES string of the molecule is Cc1ccc(N2C(=O)CC(Nc3ccc(F)cc3)C2=O)c(Br)c1. The van der Waals surface area contributed by atoms with Gasteiger partial charge in [0.2, 0.25) is 5.91 Å². The van der Waals surface area contributed by atoms with Gasteiger partial charge < -0.3 is 5.32 Å². The van der Waals surface area contributed by atoms with E-state index in [1.165, 1.54) is 29.2 Å². The number of hydrogen-bond acceptors (Lipinski definition) is 3. The van der Waals surface area contributed by atoms with Crippen molar-refractivity contribution in [1.29, 1.82) is 0 Å². The molecular formula is C17H14BrFN2O2. The van der Waals surface area contributed by atoms with E-state index in [9.17, 15) is 14.0 Å². The van der Waals surface area contributed by atoms with Crippen LogP contribution in [-0.2, 0) is 9.59 Å². The predicted octanol–water partition coefficient (Wildman–Crippen LogP) is 3.64. The van der Waals surface area contributed by atoms with Crippen molar-refractivity contribution < 1.29 is 14.0 Å². The molecule has 0 bridgehead atoms. The van der Waals surface area contributed by atoms with E-state index in [0.717, 1.165) is 5.56 Å². The van der Waals surface area contributed by atoms with Crippen molar-refractivity contribution in [2.75, 3.05) is 10.2 Å². The number of amides is 2. The number of nitrogens with one attached hydrogen (secondary N) is 1. The van der Waals surface area contributed by atoms with Crippen LogP contribution in [0.4, 0.5) is 15.8 Å². The van der Waals surface area contributed by atoms with Gasteiger partial charge >= 0.3 is 0 Å². The third-order valence-electron chi connectivity index (χ3n) is 3.68. The van der Waals surface area contributed by atoms with Crippen molar-refractivity contribution in [1.82, 2.24) is 0 Å². The molecule has 1 fully saturated rings. The molecule has 118 valence electrons. The molecule has 1 saturated heterocycles. The highest BCUT2D eigenvalue weighted by Crippen LogP contribution is 2.32. The fourth-order valence-corrected chi connectivity index (χ4v) is 3.21. The van der Waals surface area contributed by atoms with Crippen LogP contribution in [0.2, 0.25) is 0 Å². The molecule has 0 aliphatic carbocycles. The van der Waals surface area contributed by atoms with Crippen molar-refractivity contribution in [3.8, 4) is 0 Å². The fraction of sp³-hybridized carbons (Fsp3) is 0.176. The molecule has 1 unspecified atom stereocenters. The van der Waals surface area contributed by atoms with Crippen LogP contribution >= 0.6 is 15.9 Å². The van der Waals surface area contributed by atoms with Crippen LogP contribution in [-0.4, -0.2) is 17.9 Å². The molecule has 3 rings (SSSR count). The van der Waals surface area contributed by atoms with E-state index < -0.39 is 6.04 Å². The summed E-state index contributed by atoms with van der Waals surface area (Å²) in [7, 11) is 0. The first-order valence-electron chi connectivity index (χ1n) is 7.11. The quantitative estimate of drug-likeness (QED) is 0.831. The molecule has 0 radical (unpaired) electrons. The Hall–Kier alpha value is -2.21. The van der Waals surface area contributed by atoms with E-state index >= 15 is 0 Å². The molecule has 0 saturated carbocycles. The van der Waals surface area contributed by atoms with E-state index in [4.69, 9.17) is 0 Å². The van der Waals surface area contributed by atoms with E-state index in [-0.39, 0.29) is 24.1 Å². The maximum absolute atomic E-state index is 12.9. The van der Waals surface area contributed by atoms with Crippen molar-refractivity contribution in [3.05, 3.63) is 58.3 Å². The molecule has 1 heterocycles. The lowest BCUT2D eigenvalue weighted by Gasteiger charge is -2.17. The number of imide groups is 1. The second-order valence-corrected chi connectivity index (χ2v) is 6.28. The number of benzene rings is 2. The van der Waals surface area contributed by atoms with Gasteiger partial charge in [0.15, 0.2) is 0 Å². The number of carbonyl (C=O) groups excluding carboxylic acids is 2. The molecule has 2 amide bonds. The minimum absolute atomic E-state index is 0.0660. The van der Waals surface area contributed by atoms with Crippen LogP contribution in [0.3, 0.4) is 0 Å². The average Bonchev–Trinajstić information content (AvgIpc) is 2.77. The summed E-state index contributed by atoms with van der Waals surface area (Å²) in [5.74, 6) is -0.933. The van der Waals surface area contributed by atoms with E-state index in [2.05, 4.69) is 21.2 Å². The predicted molar refractivity (Wildman–Crippen MR) is 89.8 cm³/mol. The normalized spacial score (nSPS) is 17.7. The lowest BCUT2D eigenvalue weighted by Crippen LogP contribution is -2.35. The van der Waals surface area contributed by atoms with Crippen LogP contribution in [0.5, 0.6) is 0 Å². The largest absolute Gasteiger partial charge is 0.373 e. The second kappa shape index (κ2) is 6.12. The Labute approximate surface area is 141 Å². The van der Waals surface area contributed by atoms with Gasteiger partial charge in [-0.05, 0) is 64.8 Å². The first kappa shape index (κ1) is 15.7. The fourth-order valence-electron chi connectivity index (χ4n) is 2.54. The Morgan fingerprint density at radius 3 is 2.52 bits per heavy atom. The zero-order valence-electron chi connectivity index (χ0n) is 12.3. The Balaban J connectivity index is 1.83. The number of aryl methyl sites for hydroxylation is 1. The van der Waals surface area contributed by atoms with Gasteiger partial charge in [-0.15, -0.1) is 0 Å². The highest BCUT2D eigenvalue weighted by Gasteiger charge is 2.40. The number of halogens is 2. The molecule has 2 aromatic carbocycles. The van der Waals surface area contributed by atoms with Crippen molar-refractivity contribution in [2.45, 2.75) is 19.4 Å². The van der Waals surface area contributed by atoms with E-state index in [0.29, 0.717) is 15.8 Å². The summed E-state index contributed by atoms with van der Waals surface area (Å²) < 4.78 is 13.6. The third kappa shape index (κ3) is 3.12. The summed E-state index contributed by atoms with van der Waals surface area (Å²) in [4.78, 5) is 26.0. The van der Waals surface area contributed by atoms with Gasteiger partial charge in [0, 0.05) is 10.2 Å². The van der Waals surface area contributed by atoms with Crippen LogP contribution < -0.4 is 10.2 Å². The molecule has 23 heavy (non-hydrogen) atoms. The van der Waals surface area contributed by atoms with E-state index in [1.54, 1.807) is 6.07 Å². The zero-order valence-corrected chi connectivity index (χ0v) is 13.9. The van der Waals surface area contributed by atoms with Crippen LogP contribution in [0, 0.1) is 12.7 Å². The summed E-state index contributed by atoms with van der Waals surface area (Å²) in [6.45, 7) is 1.93. The monoisotopic (exact) mass is 376 g/mol. The van der Waals surface area contributed by atoms with Gasteiger partial charge in [-0.3, -0.25) is 9.59 Å². The molecule has 6 heteroatoms. The van der Waals surface area contributed by atoms with Gasteiger partial charge in [-0.25, -0.2) is 9.29 Å². The maximum atomic E-state index is 12.9. The number of anilines is 2. The summed E-state index contributed by atoms with van der Waals surface area (Å²) >= 11 is 3.40. The Bertz CT molecular complexity index is 777. The molecule has 4 nitrogen and oxygen atoms in total. The molecule has 1 N–H and O–H groups in total. The van der Waals surface area contributed by atoms with E-state index in [1.807, 2.05) is 19.1 Å². The lowest BCUT2D eigenvalue weighted by molar-refractivity contribution is -0.121. The number of nitrogens with zero attached hydrogens (tertiary/aromatic N) is 1. The molecular weight excluding hydrogens is 363 g/mol. The maximum Gasteiger partial charge on any atom is 0.256 e. The number of carbonyl (C=O) groups is 2. The van der Waals surface area contributed by atoms with Crippen molar-refractivity contribution in [3.63, 3.8) is 0 Å². The van der Waals surface area contributed by atoms with Crippen LogP contribution in [0.15, 0.2) is 46.9 Å². The Kier molecular flexibility index (Phi) is 4.17. The highest BCUT2D eigenvalue weighted by atomic mass is 79.9. The van der Waals surface area contributed by atoms with Crippen molar-refractivity contribution >= 4 is 39.1 Å². The molecule has 1 aliphatic rings. The molecule has 1 atom stereocenters. The minimum Gasteiger partial charge on any atom is -0.373 e. The highest BCUT2D eigenvalue weighted by molar-refractivity contribution is 9.10. The minimum atomic E-state index is -0.652. The molecule has 0 spiro atoms. The van der Waals surface area contributed by atoms with Gasteiger partial charge in [0.1, 0.15) is 11.9 Å². The third-order valence-corrected chi connectivity index (χ3v) is 4.31.